The van der Waals surface area contributed by atoms with Crippen LogP contribution < -0.4 is 10.1 Å². The summed E-state index contributed by atoms with van der Waals surface area (Å²) in [5.74, 6) is 1.21. The molecule has 1 aliphatic carbocycles. The first-order valence-electron chi connectivity index (χ1n) is 8.76. The van der Waals surface area contributed by atoms with E-state index in [1.165, 1.54) is 0 Å². The maximum atomic E-state index is 12.4. The lowest BCUT2D eigenvalue weighted by Gasteiger charge is -2.09. The molecular weight excluding hydrogens is 316 g/mol. The zero-order valence-electron chi connectivity index (χ0n) is 15.2. The molecule has 0 atom stereocenters. The van der Waals surface area contributed by atoms with Crippen LogP contribution >= 0.6 is 0 Å². The van der Waals surface area contributed by atoms with Crippen molar-refractivity contribution in [2.75, 3.05) is 34.3 Å². The van der Waals surface area contributed by atoms with Gasteiger partial charge in [0, 0.05) is 18.2 Å². The van der Waals surface area contributed by atoms with Gasteiger partial charge in [-0.3, -0.25) is 4.79 Å². The van der Waals surface area contributed by atoms with Crippen LogP contribution in [-0.2, 0) is 0 Å². The van der Waals surface area contributed by atoms with E-state index in [0.29, 0.717) is 18.2 Å². The van der Waals surface area contributed by atoms with Gasteiger partial charge in [-0.25, -0.2) is 4.68 Å². The van der Waals surface area contributed by atoms with Crippen molar-refractivity contribution in [1.82, 2.24) is 20.0 Å². The lowest BCUT2D eigenvalue weighted by Crippen LogP contribution is -2.27. The van der Waals surface area contributed by atoms with Gasteiger partial charge in [-0.15, -0.1) is 0 Å². The van der Waals surface area contributed by atoms with Crippen molar-refractivity contribution in [1.29, 1.82) is 0 Å². The van der Waals surface area contributed by atoms with Gasteiger partial charge in [-0.05, 0) is 70.2 Å². The van der Waals surface area contributed by atoms with Crippen LogP contribution in [0.2, 0.25) is 0 Å². The Balaban J connectivity index is 1.74. The number of carbonyl (C=O) groups is 1. The van der Waals surface area contributed by atoms with Crippen molar-refractivity contribution in [3.05, 3.63) is 41.7 Å². The molecule has 6 nitrogen and oxygen atoms in total. The number of nitrogens with one attached hydrogen (secondary N) is 1. The van der Waals surface area contributed by atoms with Gasteiger partial charge in [0.1, 0.15) is 5.75 Å². The highest BCUT2D eigenvalue weighted by molar-refractivity contribution is 5.92. The van der Waals surface area contributed by atoms with Crippen molar-refractivity contribution in [2.24, 2.45) is 0 Å². The molecule has 0 radical (unpaired) electrons. The summed E-state index contributed by atoms with van der Waals surface area (Å²) in [6.07, 6.45) is 3.24. The second kappa shape index (κ2) is 7.70. The van der Waals surface area contributed by atoms with Crippen LogP contribution in [0.4, 0.5) is 0 Å². The van der Waals surface area contributed by atoms with Gasteiger partial charge in [-0.2, -0.15) is 5.10 Å². The number of aromatic nitrogens is 2. The fourth-order valence-corrected chi connectivity index (χ4v) is 2.79. The molecule has 0 saturated heterocycles. The SMILES string of the molecule is COc1ccc(-n2nc(C(=O)NCCCN(C)C)cc2C2CC2)cc1. The van der Waals surface area contributed by atoms with Crippen LogP contribution in [0.3, 0.4) is 0 Å². The first kappa shape index (κ1) is 17.5. The number of nitrogens with zero attached hydrogens (tertiary/aromatic N) is 3. The van der Waals surface area contributed by atoms with E-state index in [4.69, 9.17) is 4.74 Å². The summed E-state index contributed by atoms with van der Waals surface area (Å²) >= 11 is 0. The first-order valence-corrected chi connectivity index (χ1v) is 8.76. The number of hydrogen-bond donors (Lipinski definition) is 1. The molecule has 134 valence electrons. The minimum atomic E-state index is -0.104. The normalized spacial score (nSPS) is 13.9. The Bertz CT molecular complexity index is 718. The summed E-state index contributed by atoms with van der Waals surface area (Å²) in [6, 6.07) is 9.69. The Morgan fingerprint density at radius 1 is 1.32 bits per heavy atom. The van der Waals surface area contributed by atoms with Crippen molar-refractivity contribution in [2.45, 2.75) is 25.2 Å². The molecule has 0 unspecified atom stereocenters. The molecule has 0 bridgehead atoms. The molecule has 1 aliphatic rings. The summed E-state index contributed by atoms with van der Waals surface area (Å²) < 4.78 is 7.11. The van der Waals surface area contributed by atoms with Crippen molar-refractivity contribution < 1.29 is 9.53 Å². The summed E-state index contributed by atoms with van der Waals surface area (Å²) in [5.41, 5.74) is 2.56. The first-order chi connectivity index (χ1) is 12.1. The fraction of sp³-hybridized carbons (Fsp3) is 0.474. The molecule has 6 heteroatoms. The van der Waals surface area contributed by atoms with E-state index in [0.717, 1.165) is 42.9 Å². The quantitative estimate of drug-likeness (QED) is 0.749. The molecule has 1 N–H and O–H groups in total. The molecule has 0 aliphatic heterocycles. The van der Waals surface area contributed by atoms with Gasteiger partial charge in [0.25, 0.3) is 5.91 Å². The molecule has 1 heterocycles. The van der Waals surface area contributed by atoms with Crippen molar-refractivity contribution in [3.8, 4) is 11.4 Å². The molecular formula is C19H26N4O2. The second-order valence-electron chi connectivity index (χ2n) is 6.75. The summed E-state index contributed by atoms with van der Waals surface area (Å²) in [5, 5.41) is 7.53. The van der Waals surface area contributed by atoms with E-state index in [-0.39, 0.29) is 5.91 Å². The summed E-state index contributed by atoms with van der Waals surface area (Å²) in [7, 11) is 5.71. The Morgan fingerprint density at radius 3 is 2.64 bits per heavy atom. The number of rotatable bonds is 8. The molecule has 1 aromatic heterocycles. The predicted molar refractivity (Wildman–Crippen MR) is 97.6 cm³/mol. The average molecular weight is 342 g/mol. The third kappa shape index (κ3) is 4.39. The Kier molecular flexibility index (Phi) is 5.38. The number of benzene rings is 1. The maximum absolute atomic E-state index is 12.4. The van der Waals surface area contributed by atoms with Crippen LogP contribution in [0.5, 0.6) is 5.75 Å². The average Bonchev–Trinajstić information content (AvgIpc) is 3.37. The molecule has 1 fully saturated rings. The number of amides is 1. The van der Waals surface area contributed by atoms with Gasteiger partial charge in [0.15, 0.2) is 5.69 Å². The zero-order chi connectivity index (χ0) is 17.8. The van der Waals surface area contributed by atoms with Crippen LogP contribution in [0.25, 0.3) is 5.69 Å². The highest BCUT2D eigenvalue weighted by atomic mass is 16.5. The van der Waals surface area contributed by atoms with Crippen LogP contribution in [0.15, 0.2) is 30.3 Å². The topological polar surface area (TPSA) is 59.4 Å². The van der Waals surface area contributed by atoms with Gasteiger partial charge in [0.05, 0.1) is 12.8 Å². The van der Waals surface area contributed by atoms with E-state index < -0.39 is 0 Å². The lowest BCUT2D eigenvalue weighted by molar-refractivity contribution is 0.0947. The van der Waals surface area contributed by atoms with Crippen molar-refractivity contribution >= 4 is 5.91 Å². The largest absolute Gasteiger partial charge is 0.497 e. The Hall–Kier alpha value is -2.34. The highest BCUT2D eigenvalue weighted by Crippen LogP contribution is 2.41. The number of hydrogen-bond acceptors (Lipinski definition) is 4. The monoisotopic (exact) mass is 342 g/mol. The predicted octanol–water partition coefficient (Wildman–Crippen LogP) is 2.44. The summed E-state index contributed by atoms with van der Waals surface area (Å²) in [4.78, 5) is 14.5. The lowest BCUT2D eigenvalue weighted by atomic mass is 10.2. The molecule has 1 saturated carbocycles. The number of carbonyl (C=O) groups excluding carboxylic acids is 1. The Labute approximate surface area is 148 Å². The third-order valence-electron chi connectivity index (χ3n) is 4.35. The van der Waals surface area contributed by atoms with Gasteiger partial charge >= 0.3 is 0 Å². The molecule has 3 rings (SSSR count). The van der Waals surface area contributed by atoms with E-state index in [9.17, 15) is 4.79 Å². The molecule has 0 spiro atoms. The van der Waals surface area contributed by atoms with Crippen LogP contribution in [-0.4, -0.2) is 54.9 Å². The third-order valence-corrected chi connectivity index (χ3v) is 4.35. The fourth-order valence-electron chi connectivity index (χ4n) is 2.79. The van der Waals surface area contributed by atoms with Gasteiger partial charge < -0.3 is 15.0 Å². The minimum Gasteiger partial charge on any atom is -0.497 e. The second-order valence-corrected chi connectivity index (χ2v) is 6.75. The highest BCUT2D eigenvalue weighted by Gasteiger charge is 2.29. The molecule has 1 amide bonds. The minimum absolute atomic E-state index is 0.104. The molecule has 25 heavy (non-hydrogen) atoms. The zero-order valence-corrected chi connectivity index (χ0v) is 15.2. The van der Waals surface area contributed by atoms with Gasteiger partial charge in [0.2, 0.25) is 0 Å². The van der Waals surface area contributed by atoms with Gasteiger partial charge in [-0.1, -0.05) is 0 Å². The summed E-state index contributed by atoms with van der Waals surface area (Å²) in [6.45, 7) is 1.61. The van der Waals surface area contributed by atoms with Crippen molar-refractivity contribution in [3.63, 3.8) is 0 Å². The molecule has 2 aromatic rings. The molecule has 1 aromatic carbocycles. The maximum Gasteiger partial charge on any atom is 0.271 e. The Morgan fingerprint density at radius 2 is 2.04 bits per heavy atom. The number of methoxy groups -OCH3 is 1. The smallest absolute Gasteiger partial charge is 0.271 e. The van der Waals surface area contributed by atoms with E-state index in [1.54, 1.807) is 7.11 Å². The van der Waals surface area contributed by atoms with Crippen LogP contribution in [0.1, 0.15) is 41.4 Å². The standard InChI is InChI=1S/C19H26N4O2/c1-22(2)12-4-11-20-19(24)17-13-18(14-5-6-14)23(21-17)15-7-9-16(25-3)10-8-15/h7-10,13-14H,4-6,11-12H2,1-3H3,(H,20,24). The van der Waals surface area contributed by atoms with E-state index >= 15 is 0 Å². The van der Waals surface area contributed by atoms with E-state index in [1.807, 2.05) is 49.1 Å². The van der Waals surface area contributed by atoms with Crippen LogP contribution in [0, 0.1) is 0 Å². The van der Waals surface area contributed by atoms with E-state index in [2.05, 4.69) is 15.3 Å². The number of ether oxygens (including phenoxy) is 1.